The lowest BCUT2D eigenvalue weighted by Crippen LogP contribution is -2.46. The SMILES string of the molecule is COc1cc2ncc(-c3cccc(N[C@H]4CNCCC4F)n3)n2nc1C1CC1. The Balaban J connectivity index is 1.49. The average molecular weight is 382 g/mol. The molecular weight excluding hydrogens is 359 g/mol. The van der Waals surface area contributed by atoms with Gasteiger partial charge in [-0.25, -0.2) is 18.9 Å². The van der Waals surface area contributed by atoms with Crippen molar-refractivity contribution in [3.8, 4) is 17.1 Å². The fraction of sp³-hybridized carbons (Fsp3) is 0.450. The molecule has 0 bridgehead atoms. The van der Waals surface area contributed by atoms with Crippen LogP contribution >= 0.6 is 0 Å². The number of alkyl halides is 1. The second kappa shape index (κ2) is 7.01. The summed E-state index contributed by atoms with van der Waals surface area (Å²) in [6.07, 6.45) is 3.68. The normalized spacial score (nSPS) is 22.4. The van der Waals surface area contributed by atoms with Gasteiger partial charge in [-0.3, -0.25) is 0 Å². The lowest BCUT2D eigenvalue weighted by Gasteiger charge is -2.28. The van der Waals surface area contributed by atoms with Crippen molar-refractivity contribution in [3.63, 3.8) is 0 Å². The number of ether oxygens (including phenoxy) is 1. The lowest BCUT2D eigenvalue weighted by atomic mass is 10.1. The standard InChI is InChI=1S/C20H23FN6O/c1-28-17-9-19-23-11-16(27(19)26-20(17)12-5-6-12)14-3-2-4-18(24-14)25-15-10-22-8-7-13(15)21/h2-4,9,11-13,15,22H,5-8,10H2,1H3,(H,24,25)/t13?,15-/m0/s1. The molecule has 1 unspecified atom stereocenters. The van der Waals surface area contributed by atoms with Crippen LogP contribution < -0.4 is 15.4 Å². The van der Waals surface area contributed by atoms with E-state index in [4.69, 9.17) is 9.84 Å². The fourth-order valence-electron chi connectivity index (χ4n) is 3.71. The van der Waals surface area contributed by atoms with E-state index in [1.54, 1.807) is 13.3 Å². The van der Waals surface area contributed by atoms with E-state index < -0.39 is 6.17 Å². The summed E-state index contributed by atoms with van der Waals surface area (Å²) in [7, 11) is 1.66. The molecule has 28 heavy (non-hydrogen) atoms. The summed E-state index contributed by atoms with van der Waals surface area (Å²) >= 11 is 0. The van der Waals surface area contributed by atoms with Crippen LogP contribution in [-0.2, 0) is 0 Å². The van der Waals surface area contributed by atoms with Crippen molar-refractivity contribution in [2.45, 2.75) is 37.4 Å². The van der Waals surface area contributed by atoms with Crippen LogP contribution in [0.5, 0.6) is 5.75 Å². The number of imidazole rings is 1. The largest absolute Gasteiger partial charge is 0.495 e. The zero-order chi connectivity index (χ0) is 19.1. The maximum atomic E-state index is 14.1. The minimum absolute atomic E-state index is 0.275. The number of piperidine rings is 1. The number of anilines is 1. The Bertz CT molecular complexity index is 1000. The van der Waals surface area contributed by atoms with Crippen LogP contribution in [0.1, 0.15) is 30.9 Å². The van der Waals surface area contributed by atoms with E-state index in [1.807, 2.05) is 28.8 Å². The quantitative estimate of drug-likeness (QED) is 0.707. The van der Waals surface area contributed by atoms with Gasteiger partial charge in [-0.2, -0.15) is 5.10 Å². The van der Waals surface area contributed by atoms with Crippen molar-refractivity contribution in [1.82, 2.24) is 24.9 Å². The van der Waals surface area contributed by atoms with E-state index in [0.717, 1.165) is 41.3 Å². The molecule has 146 valence electrons. The van der Waals surface area contributed by atoms with Crippen molar-refractivity contribution in [2.24, 2.45) is 0 Å². The van der Waals surface area contributed by atoms with Crippen molar-refractivity contribution in [1.29, 1.82) is 0 Å². The first kappa shape index (κ1) is 17.4. The molecule has 0 radical (unpaired) electrons. The Morgan fingerprint density at radius 3 is 2.96 bits per heavy atom. The highest BCUT2D eigenvalue weighted by Crippen LogP contribution is 2.43. The minimum atomic E-state index is -0.877. The number of hydrogen-bond donors (Lipinski definition) is 2. The summed E-state index contributed by atoms with van der Waals surface area (Å²) < 4.78 is 21.5. The van der Waals surface area contributed by atoms with E-state index in [-0.39, 0.29) is 6.04 Å². The van der Waals surface area contributed by atoms with Crippen molar-refractivity contribution in [2.75, 3.05) is 25.5 Å². The van der Waals surface area contributed by atoms with Gasteiger partial charge in [-0.15, -0.1) is 0 Å². The van der Waals surface area contributed by atoms with Gasteiger partial charge in [0, 0.05) is 18.5 Å². The monoisotopic (exact) mass is 382 g/mol. The van der Waals surface area contributed by atoms with Crippen LogP contribution in [0.15, 0.2) is 30.5 Å². The Hall–Kier alpha value is -2.74. The number of rotatable bonds is 5. The molecule has 7 nitrogen and oxygen atoms in total. The zero-order valence-electron chi connectivity index (χ0n) is 15.7. The number of hydrogen-bond acceptors (Lipinski definition) is 6. The van der Waals surface area contributed by atoms with Crippen LogP contribution in [0, 0.1) is 0 Å². The molecule has 4 heterocycles. The third-order valence-corrected chi connectivity index (χ3v) is 5.41. The average Bonchev–Trinajstić information content (AvgIpc) is 3.48. The molecule has 1 saturated heterocycles. The molecule has 2 aliphatic rings. The lowest BCUT2D eigenvalue weighted by molar-refractivity contribution is 0.241. The van der Waals surface area contributed by atoms with Gasteiger partial charge in [0.05, 0.1) is 25.0 Å². The van der Waals surface area contributed by atoms with E-state index in [9.17, 15) is 4.39 Å². The molecular formula is C20H23FN6O. The maximum Gasteiger partial charge on any atom is 0.157 e. The van der Waals surface area contributed by atoms with Gasteiger partial charge in [0.25, 0.3) is 0 Å². The number of nitrogens with one attached hydrogen (secondary N) is 2. The number of pyridine rings is 1. The molecule has 0 spiro atoms. The van der Waals surface area contributed by atoms with Crippen LogP contribution in [-0.4, -0.2) is 52.0 Å². The number of methoxy groups -OCH3 is 1. The number of nitrogens with zero attached hydrogens (tertiary/aromatic N) is 4. The Morgan fingerprint density at radius 1 is 1.29 bits per heavy atom. The summed E-state index contributed by atoms with van der Waals surface area (Å²) in [5.74, 6) is 1.89. The van der Waals surface area contributed by atoms with E-state index in [1.165, 1.54) is 0 Å². The summed E-state index contributed by atoms with van der Waals surface area (Å²) in [5.41, 5.74) is 3.24. The minimum Gasteiger partial charge on any atom is -0.495 e. The van der Waals surface area contributed by atoms with Crippen LogP contribution in [0.3, 0.4) is 0 Å². The summed E-state index contributed by atoms with van der Waals surface area (Å²) in [6.45, 7) is 1.31. The van der Waals surface area contributed by atoms with Gasteiger partial charge in [0.2, 0.25) is 0 Å². The topological polar surface area (TPSA) is 76.4 Å². The van der Waals surface area contributed by atoms with E-state index in [0.29, 0.717) is 31.2 Å². The third kappa shape index (κ3) is 3.17. The zero-order valence-corrected chi connectivity index (χ0v) is 15.7. The van der Waals surface area contributed by atoms with Gasteiger partial charge >= 0.3 is 0 Å². The Labute approximate surface area is 162 Å². The molecule has 3 aromatic rings. The van der Waals surface area contributed by atoms with E-state index in [2.05, 4.69) is 20.6 Å². The summed E-state index contributed by atoms with van der Waals surface area (Å²) in [4.78, 5) is 9.16. The maximum absolute atomic E-state index is 14.1. The molecule has 2 fully saturated rings. The second-order valence-corrected chi connectivity index (χ2v) is 7.45. The van der Waals surface area contributed by atoms with Gasteiger partial charge in [-0.1, -0.05) is 6.07 Å². The molecule has 1 aliphatic heterocycles. The number of halogens is 1. The van der Waals surface area contributed by atoms with Crippen LogP contribution in [0.2, 0.25) is 0 Å². The Morgan fingerprint density at radius 2 is 2.18 bits per heavy atom. The first-order chi connectivity index (χ1) is 13.7. The van der Waals surface area contributed by atoms with Gasteiger partial charge in [0.15, 0.2) is 5.65 Å². The number of fused-ring (bicyclic) bond motifs is 1. The smallest absolute Gasteiger partial charge is 0.157 e. The van der Waals surface area contributed by atoms with Crippen LogP contribution in [0.4, 0.5) is 10.2 Å². The van der Waals surface area contributed by atoms with Crippen molar-refractivity contribution < 1.29 is 9.13 Å². The van der Waals surface area contributed by atoms with Crippen molar-refractivity contribution in [3.05, 3.63) is 36.2 Å². The van der Waals surface area contributed by atoms with Gasteiger partial charge in [0.1, 0.15) is 29.1 Å². The highest BCUT2D eigenvalue weighted by Gasteiger charge is 2.30. The molecule has 2 N–H and O–H groups in total. The highest BCUT2D eigenvalue weighted by atomic mass is 19.1. The molecule has 5 rings (SSSR count). The first-order valence-electron chi connectivity index (χ1n) is 9.74. The van der Waals surface area contributed by atoms with Crippen molar-refractivity contribution >= 4 is 11.5 Å². The van der Waals surface area contributed by atoms with Crippen LogP contribution in [0.25, 0.3) is 17.0 Å². The van der Waals surface area contributed by atoms with Gasteiger partial charge in [-0.05, 0) is 37.9 Å². The summed E-state index contributed by atoms with van der Waals surface area (Å²) in [5, 5.41) is 11.2. The molecule has 3 aromatic heterocycles. The molecule has 0 aromatic carbocycles. The second-order valence-electron chi connectivity index (χ2n) is 7.45. The Kier molecular flexibility index (Phi) is 4.35. The third-order valence-electron chi connectivity index (χ3n) is 5.41. The van der Waals surface area contributed by atoms with Gasteiger partial charge < -0.3 is 15.4 Å². The predicted molar refractivity (Wildman–Crippen MR) is 105 cm³/mol. The fourth-order valence-corrected chi connectivity index (χ4v) is 3.71. The van der Waals surface area contributed by atoms with E-state index >= 15 is 0 Å². The molecule has 0 amide bonds. The first-order valence-corrected chi connectivity index (χ1v) is 9.74. The summed E-state index contributed by atoms with van der Waals surface area (Å²) in [6, 6.07) is 7.35. The predicted octanol–water partition coefficient (Wildman–Crippen LogP) is 2.79. The number of aromatic nitrogens is 4. The highest BCUT2D eigenvalue weighted by molar-refractivity contribution is 5.62. The molecule has 1 aliphatic carbocycles. The molecule has 8 heteroatoms. The molecule has 2 atom stereocenters. The molecule has 1 saturated carbocycles.